The van der Waals surface area contributed by atoms with Crippen molar-refractivity contribution in [3.8, 4) is 0 Å². The first kappa shape index (κ1) is 56.2. The van der Waals surface area contributed by atoms with E-state index in [1.165, 1.54) is 12.7 Å². The Labute approximate surface area is 425 Å². The Hall–Kier alpha value is -4.97. The first-order valence-electron chi connectivity index (χ1n) is 25.0. The molecule has 0 unspecified atom stereocenters. The van der Waals surface area contributed by atoms with E-state index in [0.29, 0.717) is 55.0 Å². The summed E-state index contributed by atoms with van der Waals surface area (Å²) in [6.45, 7) is 8.89. The molecular formula is C51H62F12N4O6P2. The van der Waals surface area contributed by atoms with Crippen LogP contribution in [0, 0.1) is 46.3 Å². The van der Waals surface area contributed by atoms with E-state index in [4.69, 9.17) is 14.2 Å². The van der Waals surface area contributed by atoms with Crippen LogP contribution in [0.4, 0.5) is 50.4 Å². The van der Waals surface area contributed by atoms with Crippen molar-refractivity contribution >= 4 is 55.6 Å². The number of hydrogen-bond donors (Lipinski definition) is 0. The van der Waals surface area contributed by atoms with E-state index < -0.39 is 15.6 Å². The molecule has 0 spiro atoms. The number of ether oxygens (including phenoxy) is 3. The van der Waals surface area contributed by atoms with Crippen LogP contribution in [0.25, 0.3) is 22.1 Å². The second-order valence-electron chi connectivity index (χ2n) is 21.9. The molecule has 4 saturated carbocycles. The van der Waals surface area contributed by atoms with Crippen LogP contribution in [0.1, 0.15) is 96.1 Å². The number of carbonyl (C=O) groups is 3. The van der Waals surface area contributed by atoms with Crippen LogP contribution < -0.4 is 9.13 Å². The molecule has 3 aromatic carbocycles. The average molecular weight is 1120 g/mol. The second kappa shape index (κ2) is 18.6. The van der Waals surface area contributed by atoms with Crippen LogP contribution >= 0.6 is 15.6 Å². The van der Waals surface area contributed by atoms with Crippen molar-refractivity contribution in [3.05, 3.63) is 96.6 Å². The number of benzene rings is 3. The number of fused-ring (bicyclic) bond motifs is 6. The summed E-state index contributed by atoms with van der Waals surface area (Å²) in [4.78, 5) is 40.6. The van der Waals surface area contributed by atoms with Crippen LogP contribution in [0.2, 0.25) is 0 Å². The number of nitrogens with zero attached hydrogens (tertiary/aromatic N) is 4. The molecule has 0 saturated heterocycles. The summed E-state index contributed by atoms with van der Waals surface area (Å²) in [6, 6.07) is 25.4. The van der Waals surface area contributed by atoms with Crippen LogP contribution in [0.5, 0.6) is 0 Å². The van der Waals surface area contributed by atoms with Gasteiger partial charge in [-0.15, -0.1) is 0 Å². The summed E-state index contributed by atoms with van der Waals surface area (Å²) in [5.74, 6) is 1.95. The van der Waals surface area contributed by atoms with Gasteiger partial charge in [-0.3, -0.25) is 4.79 Å². The standard InChI is InChI=1S/C51H62N4O6.2F6P/c1-33(13-22-47(56)59-4)39-20-21-40-38-19-18-36-25-37-23-24-50(36,2)41(38)26-46(51(39,40)3)61-49(58)30-55-32-53(43-10-6-8-12-45(43)55)28-35-16-14-34(15-17-35)27-52-31-54(29-48(57)60-37)44-11-7-5-9-42(44)52;2*1-7(2,3,4,5)6/h5-12,14-17,31-33,36-41,46H,13,18-30H2,1-4H3;;/q+2;2*-1/t33-,36-,37-,38+,39-,40+,41+,46+,50+,51-;;/m1../s1. The fourth-order valence-electron chi connectivity index (χ4n) is 13.9. The molecular weight excluding hydrogens is 1050 g/mol. The third-order valence-electron chi connectivity index (χ3n) is 16.9. The van der Waals surface area contributed by atoms with Gasteiger partial charge in [-0.25, -0.2) is 27.9 Å². The zero-order valence-electron chi connectivity index (χ0n) is 41.8. The van der Waals surface area contributed by atoms with Crippen molar-refractivity contribution < 1.29 is 88.1 Å². The van der Waals surface area contributed by atoms with E-state index in [1.54, 1.807) is 0 Å². The van der Waals surface area contributed by atoms with E-state index in [-0.39, 0.29) is 54.0 Å². The number of hydrogen-bond acceptors (Lipinski definition) is 6. The Morgan fingerprint density at radius 3 is 1.68 bits per heavy atom. The number of carbonyl (C=O) groups excluding carboxylic acids is 3. The number of halogens is 12. The average Bonchev–Trinajstić information content (AvgIpc) is 3.95. The van der Waals surface area contributed by atoms with E-state index in [0.717, 1.165) is 85.4 Å². The molecule has 10 nitrogen and oxygen atoms in total. The molecule has 24 heteroatoms. The Balaban J connectivity index is 0.000000472. The van der Waals surface area contributed by atoms with Gasteiger partial charge in [-0.2, -0.15) is 0 Å². The van der Waals surface area contributed by atoms with Crippen LogP contribution in [0.3, 0.4) is 0 Å². The molecule has 11 bridgehead atoms. The maximum absolute atomic E-state index is 14.5. The molecule has 0 radical (unpaired) electrons. The quantitative estimate of drug-likeness (QED) is 0.0585. The van der Waals surface area contributed by atoms with Crippen molar-refractivity contribution in [3.63, 3.8) is 0 Å². The van der Waals surface area contributed by atoms with Crippen LogP contribution in [-0.2, 0) is 54.8 Å². The second-order valence-corrected chi connectivity index (χ2v) is 25.7. The van der Waals surface area contributed by atoms with Gasteiger partial charge in [0, 0.05) is 11.8 Å². The first-order chi connectivity index (χ1) is 34.4. The summed E-state index contributed by atoms with van der Waals surface area (Å²) in [7, 11) is -19.8. The summed E-state index contributed by atoms with van der Waals surface area (Å²) in [6.07, 6.45) is 13.1. The molecule has 3 aliphatic heterocycles. The van der Waals surface area contributed by atoms with Crippen LogP contribution in [0.15, 0.2) is 85.5 Å². The van der Waals surface area contributed by atoms with Gasteiger partial charge in [0.25, 0.3) is 0 Å². The fraction of sp³-hybridized carbons (Fsp3) is 0.549. The summed E-state index contributed by atoms with van der Waals surface area (Å²) < 4.78 is 145. The summed E-state index contributed by atoms with van der Waals surface area (Å²) in [5, 5.41) is 0. The zero-order chi connectivity index (χ0) is 54.9. The molecule has 0 N–H and O–H groups in total. The number of imidazole rings is 2. The Morgan fingerprint density at radius 2 is 1.17 bits per heavy atom. The van der Waals surface area contributed by atoms with Gasteiger partial charge in [0.05, 0.1) is 7.11 Å². The normalized spacial score (nSPS) is 30.3. The summed E-state index contributed by atoms with van der Waals surface area (Å²) >= 11 is 0. The number of rotatable bonds is 4. The molecule has 12 rings (SSSR count). The molecule has 416 valence electrons. The van der Waals surface area contributed by atoms with Crippen molar-refractivity contribution in [2.24, 2.45) is 46.3 Å². The van der Waals surface area contributed by atoms with Crippen LogP contribution in [-0.4, -0.2) is 46.4 Å². The molecule has 4 fully saturated rings. The Morgan fingerprint density at radius 1 is 0.680 bits per heavy atom. The van der Waals surface area contributed by atoms with Gasteiger partial charge in [0.15, 0.2) is 35.2 Å². The number of aromatic nitrogens is 4. The SMILES string of the molecule is COC(=O)CC[C@@H](C)[C@H]1CC[C@H]2[C@@H]3CC[C@@H]4C[C@H]5CC[C@]4(C)[C@H]3C[C@H](OC(=O)Cn3c[n+](c4ccccc43)Cc3ccc(cc3)C[n+]3cn(c4ccccc43)CC(=O)O5)[C@]12C.F[P-](F)(F)(F)(F)F.F[P-](F)(F)(F)(F)F. The van der Waals surface area contributed by atoms with E-state index in [2.05, 4.69) is 108 Å². The molecule has 5 heterocycles. The fourth-order valence-corrected chi connectivity index (χ4v) is 13.9. The Kier molecular flexibility index (Phi) is 14.0. The number of methoxy groups -OCH3 is 1. The molecule has 2 aromatic heterocycles. The van der Waals surface area contributed by atoms with Gasteiger partial charge < -0.3 is 14.2 Å². The number of esters is 3. The monoisotopic (exact) mass is 1120 g/mol. The molecule has 75 heavy (non-hydrogen) atoms. The predicted octanol–water partition coefficient (Wildman–Crippen LogP) is 14.7. The minimum atomic E-state index is -10.7. The van der Waals surface area contributed by atoms with Crippen molar-refractivity contribution in [2.75, 3.05) is 7.11 Å². The van der Waals surface area contributed by atoms with Crippen molar-refractivity contribution in [1.29, 1.82) is 0 Å². The van der Waals surface area contributed by atoms with E-state index in [9.17, 15) is 64.7 Å². The van der Waals surface area contributed by atoms with Crippen molar-refractivity contribution in [2.45, 2.75) is 123 Å². The number of para-hydroxylation sites is 4. The van der Waals surface area contributed by atoms with Gasteiger partial charge in [-0.05, 0) is 134 Å². The van der Waals surface area contributed by atoms with Gasteiger partial charge in [-0.1, -0.05) is 69.3 Å². The van der Waals surface area contributed by atoms with Gasteiger partial charge in [0.1, 0.15) is 25.3 Å². The summed E-state index contributed by atoms with van der Waals surface area (Å²) in [5.41, 5.74) is 6.39. The molecule has 10 atom stereocenters. The molecule has 7 aliphatic rings. The zero-order valence-corrected chi connectivity index (χ0v) is 43.6. The topological polar surface area (TPSA) is 96.5 Å². The van der Waals surface area contributed by atoms with Crippen molar-refractivity contribution in [1.82, 2.24) is 9.13 Å². The Bertz CT molecular complexity index is 2920. The third kappa shape index (κ3) is 14.2. The first-order valence-corrected chi connectivity index (χ1v) is 29.1. The minimum absolute atomic E-state index is 0.0692. The molecule has 0 amide bonds. The third-order valence-corrected chi connectivity index (χ3v) is 16.9. The molecule has 5 aromatic rings. The molecule has 4 aliphatic carbocycles. The van der Waals surface area contributed by atoms with Gasteiger partial charge in [0.2, 0.25) is 12.7 Å². The van der Waals surface area contributed by atoms with E-state index in [1.807, 2.05) is 16.7 Å². The maximum atomic E-state index is 14.5. The van der Waals surface area contributed by atoms with E-state index >= 15 is 0 Å². The van der Waals surface area contributed by atoms with Gasteiger partial charge >= 0.3 is 83.9 Å². The predicted molar refractivity (Wildman–Crippen MR) is 257 cm³/mol.